The molecule has 1 aliphatic heterocycles. The second-order valence-electron chi connectivity index (χ2n) is 9.49. The fourth-order valence-corrected chi connectivity index (χ4v) is 5.53. The molecule has 1 heterocycles. The van der Waals surface area contributed by atoms with Crippen molar-refractivity contribution < 1.29 is 23.1 Å². The zero-order valence-electron chi connectivity index (χ0n) is 16.3. The van der Waals surface area contributed by atoms with Gasteiger partial charge in [-0.3, -0.25) is 4.79 Å². The van der Waals surface area contributed by atoms with Crippen LogP contribution in [0.2, 0.25) is 0 Å². The Kier molecular flexibility index (Phi) is 4.76. The molecule has 1 spiro atoms. The summed E-state index contributed by atoms with van der Waals surface area (Å²) in [4.78, 5) is 14.5. The van der Waals surface area contributed by atoms with E-state index in [1.807, 2.05) is 4.90 Å². The molecule has 0 radical (unpaired) electrons. The van der Waals surface area contributed by atoms with Gasteiger partial charge in [0.1, 0.15) is 0 Å². The van der Waals surface area contributed by atoms with Gasteiger partial charge in [0.2, 0.25) is 5.91 Å². The molecule has 3 fully saturated rings. The number of alkyl halides is 3. The summed E-state index contributed by atoms with van der Waals surface area (Å²) in [5.74, 6) is 0.456. The van der Waals surface area contributed by atoms with Crippen molar-refractivity contribution in [3.8, 4) is 0 Å². The molecule has 2 aliphatic carbocycles. The summed E-state index contributed by atoms with van der Waals surface area (Å²) in [5.41, 5.74) is -0.0572. The fourth-order valence-electron chi connectivity index (χ4n) is 5.53. The third-order valence-corrected chi connectivity index (χ3v) is 7.27. The van der Waals surface area contributed by atoms with E-state index in [0.29, 0.717) is 18.8 Å². The van der Waals surface area contributed by atoms with E-state index in [4.69, 9.17) is 0 Å². The van der Waals surface area contributed by atoms with Crippen LogP contribution >= 0.6 is 0 Å². The number of nitrogens with zero attached hydrogens (tertiary/aromatic N) is 1. The smallest absolute Gasteiger partial charge is 0.390 e. The van der Waals surface area contributed by atoms with Gasteiger partial charge < -0.3 is 10.0 Å². The maximum Gasteiger partial charge on any atom is 0.416 e. The molecule has 0 bridgehead atoms. The highest BCUT2D eigenvalue weighted by molar-refractivity contribution is 5.80. The third-order valence-electron chi connectivity index (χ3n) is 7.27. The van der Waals surface area contributed by atoms with Crippen LogP contribution < -0.4 is 0 Å². The molecular formula is C22H28F3NO2. The number of likely N-dealkylation sites (tertiary alicyclic amines) is 1. The van der Waals surface area contributed by atoms with Gasteiger partial charge in [-0.1, -0.05) is 12.1 Å². The number of carbonyl (C=O) groups is 1. The van der Waals surface area contributed by atoms with Crippen LogP contribution in [0.4, 0.5) is 13.2 Å². The van der Waals surface area contributed by atoms with Gasteiger partial charge in [-0.15, -0.1) is 0 Å². The standard InChI is InChI=1S/C22H28F3NO2/c1-20(28)12-17(13-20)19(27)26-10-8-21(9-11-26)7-6-16(14-21)15-2-4-18(5-3-15)22(23,24)25/h2-5,16-17,28H,6-14H2,1H3/t16?,17-,20+. The number of benzene rings is 1. The summed E-state index contributed by atoms with van der Waals surface area (Å²) in [6.07, 6.45) is 1.86. The monoisotopic (exact) mass is 395 g/mol. The van der Waals surface area contributed by atoms with Gasteiger partial charge in [0.15, 0.2) is 0 Å². The van der Waals surface area contributed by atoms with Crippen LogP contribution in [0.3, 0.4) is 0 Å². The number of hydrogen-bond donors (Lipinski definition) is 1. The highest BCUT2D eigenvalue weighted by atomic mass is 19.4. The van der Waals surface area contributed by atoms with E-state index < -0.39 is 17.3 Å². The molecule has 154 valence electrons. The summed E-state index contributed by atoms with van der Waals surface area (Å²) >= 11 is 0. The lowest BCUT2D eigenvalue weighted by atomic mass is 9.70. The molecule has 1 aromatic carbocycles. The van der Waals surface area contributed by atoms with Gasteiger partial charge in [-0.2, -0.15) is 13.2 Å². The van der Waals surface area contributed by atoms with Crippen LogP contribution in [0.5, 0.6) is 0 Å². The Morgan fingerprint density at radius 3 is 2.21 bits per heavy atom. The Morgan fingerprint density at radius 1 is 1.07 bits per heavy atom. The Labute approximate surface area is 163 Å². The first kappa shape index (κ1) is 19.7. The first-order valence-corrected chi connectivity index (χ1v) is 10.3. The van der Waals surface area contributed by atoms with Crippen LogP contribution in [-0.4, -0.2) is 34.6 Å². The van der Waals surface area contributed by atoms with Gasteiger partial charge in [-0.05, 0) is 80.9 Å². The molecule has 1 saturated heterocycles. The Morgan fingerprint density at radius 2 is 1.68 bits per heavy atom. The molecule has 0 aromatic heterocycles. The minimum Gasteiger partial charge on any atom is -0.390 e. The molecule has 2 saturated carbocycles. The van der Waals surface area contributed by atoms with E-state index in [-0.39, 0.29) is 17.2 Å². The lowest BCUT2D eigenvalue weighted by Gasteiger charge is -2.45. The van der Waals surface area contributed by atoms with E-state index in [9.17, 15) is 23.1 Å². The second kappa shape index (κ2) is 6.75. The number of amides is 1. The predicted molar refractivity (Wildman–Crippen MR) is 99.6 cm³/mol. The van der Waals surface area contributed by atoms with Crippen molar-refractivity contribution in [3.63, 3.8) is 0 Å². The molecule has 3 aliphatic rings. The van der Waals surface area contributed by atoms with Gasteiger partial charge >= 0.3 is 6.18 Å². The Hall–Kier alpha value is -1.56. The number of piperidine rings is 1. The topological polar surface area (TPSA) is 40.5 Å². The number of halogens is 3. The van der Waals surface area contributed by atoms with Crippen molar-refractivity contribution in [2.24, 2.45) is 11.3 Å². The first-order chi connectivity index (χ1) is 13.1. The van der Waals surface area contributed by atoms with Gasteiger partial charge in [0, 0.05) is 19.0 Å². The lowest BCUT2D eigenvalue weighted by Crippen LogP contribution is -2.52. The van der Waals surface area contributed by atoms with Crippen LogP contribution in [0, 0.1) is 11.3 Å². The molecule has 1 unspecified atom stereocenters. The number of aliphatic hydroxyl groups is 1. The van der Waals surface area contributed by atoms with Gasteiger partial charge in [0.25, 0.3) is 0 Å². The summed E-state index contributed by atoms with van der Waals surface area (Å²) in [7, 11) is 0. The van der Waals surface area contributed by atoms with E-state index >= 15 is 0 Å². The normalized spacial score (nSPS) is 32.4. The van der Waals surface area contributed by atoms with Crippen LogP contribution in [0.15, 0.2) is 24.3 Å². The van der Waals surface area contributed by atoms with Crippen LogP contribution in [0.1, 0.15) is 68.9 Å². The number of carbonyl (C=O) groups excluding carboxylic acids is 1. The highest BCUT2D eigenvalue weighted by Crippen LogP contribution is 2.52. The quantitative estimate of drug-likeness (QED) is 0.786. The van der Waals surface area contributed by atoms with Crippen molar-refractivity contribution in [3.05, 3.63) is 35.4 Å². The van der Waals surface area contributed by atoms with Crippen molar-refractivity contribution in [1.29, 1.82) is 0 Å². The zero-order chi connectivity index (χ0) is 20.2. The van der Waals surface area contributed by atoms with Crippen LogP contribution in [-0.2, 0) is 11.0 Å². The van der Waals surface area contributed by atoms with E-state index in [1.165, 1.54) is 12.1 Å². The Balaban J connectivity index is 1.33. The number of hydrogen-bond acceptors (Lipinski definition) is 2. The summed E-state index contributed by atoms with van der Waals surface area (Å²) in [5, 5.41) is 9.86. The van der Waals surface area contributed by atoms with Gasteiger partial charge in [-0.25, -0.2) is 0 Å². The average Bonchev–Trinajstić information content (AvgIpc) is 3.03. The lowest BCUT2D eigenvalue weighted by molar-refractivity contribution is -0.151. The molecule has 1 N–H and O–H groups in total. The predicted octanol–water partition coefficient (Wildman–Crippen LogP) is 4.74. The van der Waals surface area contributed by atoms with E-state index in [1.54, 1.807) is 19.1 Å². The molecule has 4 rings (SSSR count). The minimum absolute atomic E-state index is 0.0347. The van der Waals surface area contributed by atoms with Crippen molar-refractivity contribution >= 4 is 5.91 Å². The molecular weight excluding hydrogens is 367 g/mol. The molecule has 1 amide bonds. The molecule has 3 nitrogen and oxygen atoms in total. The van der Waals surface area contributed by atoms with Gasteiger partial charge in [0.05, 0.1) is 11.2 Å². The average molecular weight is 395 g/mol. The zero-order valence-corrected chi connectivity index (χ0v) is 16.3. The molecule has 28 heavy (non-hydrogen) atoms. The molecule has 1 atom stereocenters. The first-order valence-electron chi connectivity index (χ1n) is 10.3. The number of rotatable bonds is 2. The maximum atomic E-state index is 12.8. The molecule has 6 heteroatoms. The summed E-state index contributed by atoms with van der Waals surface area (Å²) in [6.45, 7) is 3.30. The maximum absolute atomic E-state index is 12.8. The second-order valence-corrected chi connectivity index (χ2v) is 9.49. The largest absolute Gasteiger partial charge is 0.416 e. The van der Waals surface area contributed by atoms with Crippen molar-refractivity contribution in [1.82, 2.24) is 4.90 Å². The van der Waals surface area contributed by atoms with E-state index in [2.05, 4.69) is 0 Å². The van der Waals surface area contributed by atoms with Crippen LogP contribution in [0.25, 0.3) is 0 Å². The molecule has 1 aromatic rings. The summed E-state index contributed by atoms with van der Waals surface area (Å²) in [6, 6.07) is 5.64. The summed E-state index contributed by atoms with van der Waals surface area (Å²) < 4.78 is 38.3. The van der Waals surface area contributed by atoms with Crippen molar-refractivity contribution in [2.75, 3.05) is 13.1 Å². The minimum atomic E-state index is -4.29. The Bertz CT molecular complexity index is 725. The third kappa shape index (κ3) is 3.80. The highest BCUT2D eigenvalue weighted by Gasteiger charge is 2.47. The SMILES string of the molecule is C[C@]1(O)C[C@@H](C(=O)N2CCC3(CCC(c4ccc(C(F)(F)F)cc4)C3)CC2)C1. The van der Waals surface area contributed by atoms with Crippen molar-refractivity contribution in [2.45, 2.75) is 69.6 Å². The fraction of sp³-hybridized carbons (Fsp3) is 0.682. The van der Waals surface area contributed by atoms with E-state index in [0.717, 1.165) is 50.8 Å².